The topological polar surface area (TPSA) is 102 Å². The van der Waals surface area contributed by atoms with Crippen molar-refractivity contribution in [3.8, 4) is 11.5 Å². The quantitative estimate of drug-likeness (QED) is 0.438. The van der Waals surface area contributed by atoms with E-state index in [1.54, 1.807) is 26.0 Å². The highest BCUT2D eigenvalue weighted by Crippen LogP contribution is 2.46. The maximum Gasteiger partial charge on any atom is 0.270 e. The summed E-state index contributed by atoms with van der Waals surface area (Å²) < 4.78 is 11.8. The summed E-state index contributed by atoms with van der Waals surface area (Å²) in [7, 11) is 3.19. The van der Waals surface area contributed by atoms with Crippen LogP contribution in [0.15, 0.2) is 46.2 Å². The highest BCUT2D eigenvalue weighted by atomic mass is 32.2. The zero-order valence-electron chi connectivity index (χ0n) is 16.6. The van der Waals surface area contributed by atoms with Crippen molar-refractivity contribution in [3.63, 3.8) is 0 Å². The lowest BCUT2D eigenvalue weighted by Gasteiger charge is -2.10. The fourth-order valence-corrected chi connectivity index (χ4v) is 5.52. The van der Waals surface area contributed by atoms with E-state index in [0.29, 0.717) is 16.4 Å². The number of amides is 1. The maximum absolute atomic E-state index is 13.1. The number of benzene rings is 2. The normalized spacial score (nSPS) is 10.9. The number of aromatic amines is 1. The van der Waals surface area contributed by atoms with Gasteiger partial charge in [-0.2, -0.15) is 5.21 Å². The molecule has 2 N–H and O–H groups in total. The van der Waals surface area contributed by atoms with Gasteiger partial charge < -0.3 is 9.47 Å². The number of aryl methyl sites for hydroxylation is 1. The van der Waals surface area contributed by atoms with Crippen LogP contribution in [-0.2, 0) is 6.42 Å². The number of carbonyl (C=O) groups is 1. The Morgan fingerprint density at radius 1 is 1.20 bits per heavy atom. The van der Waals surface area contributed by atoms with Gasteiger partial charge in [-0.25, -0.2) is 0 Å². The van der Waals surface area contributed by atoms with Gasteiger partial charge in [0, 0.05) is 25.9 Å². The highest BCUT2D eigenvalue weighted by molar-refractivity contribution is 8.00. The Balaban J connectivity index is 1.86. The summed E-state index contributed by atoms with van der Waals surface area (Å²) in [5.41, 5.74) is 1.21. The van der Waals surface area contributed by atoms with Crippen molar-refractivity contribution in [2.45, 2.75) is 23.1 Å². The summed E-state index contributed by atoms with van der Waals surface area (Å²) in [5, 5.41) is 17.1. The first-order valence-corrected chi connectivity index (χ1v) is 10.8. The van der Waals surface area contributed by atoms with Gasteiger partial charge in [-0.05, 0) is 29.3 Å². The number of anilines is 1. The number of nitrogens with one attached hydrogen (secondary N) is 2. The molecule has 0 spiro atoms. The van der Waals surface area contributed by atoms with Gasteiger partial charge >= 0.3 is 0 Å². The van der Waals surface area contributed by atoms with Crippen LogP contribution < -0.4 is 14.8 Å². The lowest BCUT2D eigenvalue weighted by atomic mass is 10.2. The van der Waals surface area contributed by atoms with E-state index in [-0.39, 0.29) is 11.9 Å². The van der Waals surface area contributed by atoms with Crippen LogP contribution in [0.3, 0.4) is 0 Å². The van der Waals surface area contributed by atoms with Gasteiger partial charge in [-0.3, -0.25) is 10.1 Å². The number of methoxy groups -OCH3 is 2. The van der Waals surface area contributed by atoms with E-state index >= 15 is 0 Å². The number of thiophene rings is 1. The van der Waals surface area contributed by atoms with Gasteiger partial charge in [0.05, 0.1) is 14.2 Å². The van der Waals surface area contributed by atoms with E-state index in [0.717, 1.165) is 26.3 Å². The van der Waals surface area contributed by atoms with E-state index in [1.807, 2.05) is 24.3 Å². The first kappa shape index (κ1) is 20.2. The zero-order chi connectivity index (χ0) is 21.1. The van der Waals surface area contributed by atoms with Crippen LogP contribution in [0.5, 0.6) is 11.5 Å². The van der Waals surface area contributed by atoms with E-state index in [9.17, 15) is 4.79 Å². The molecule has 0 saturated heterocycles. The summed E-state index contributed by atoms with van der Waals surface area (Å²) in [6, 6.07) is 12.0. The molecule has 2 aromatic carbocycles. The Labute approximate surface area is 181 Å². The average molecular weight is 442 g/mol. The van der Waals surface area contributed by atoms with E-state index in [4.69, 9.17) is 9.47 Å². The summed E-state index contributed by atoms with van der Waals surface area (Å²) in [6.07, 6.45) is 0.896. The predicted octanol–water partition coefficient (Wildman–Crippen LogP) is 4.40. The average Bonchev–Trinajstić information content (AvgIpc) is 3.40. The summed E-state index contributed by atoms with van der Waals surface area (Å²) >= 11 is 2.94. The molecule has 10 heteroatoms. The molecule has 0 fully saturated rings. The molecular weight excluding hydrogens is 422 g/mol. The smallest absolute Gasteiger partial charge is 0.270 e. The van der Waals surface area contributed by atoms with Crippen molar-refractivity contribution in [2.75, 3.05) is 19.5 Å². The van der Waals surface area contributed by atoms with E-state index in [1.165, 1.54) is 16.9 Å². The number of tetrazole rings is 1. The molecule has 154 valence electrons. The zero-order valence-corrected chi connectivity index (χ0v) is 18.2. The lowest BCUT2D eigenvalue weighted by molar-refractivity contribution is 0.102. The largest absolute Gasteiger partial charge is 0.493 e. The van der Waals surface area contributed by atoms with Crippen LogP contribution in [0.2, 0.25) is 0 Å². The van der Waals surface area contributed by atoms with E-state index < -0.39 is 0 Å². The van der Waals surface area contributed by atoms with Crippen LogP contribution >= 0.6 is 23.1 Å². The maximum atomic E-state index is 13.1. The number of fused-ring (bicyclic) bond motifs is 1. The Morgan fingerprint density at radius 3 is 2.67 bits per heavy atom. The fraction of sp³-hybridized carbons (Fsp3) is 0.200. The minimum absolute atomic E-state index is 0.123. The van der Waals surface area contributed by atoms with E-state index in [2.05, 4.69) is 45.0 Å². The van der Waals surface area contributed by atoms with Crippen LogP contribution in [-0.4, -0.2) is 40.8 Å². The molecule has 2 aromatic heterocycles. The number of rotatable bonds is 7. The first-order chi connectivity index (χ1) is 14.6. The number of carbonyl (C=O) groups excluding carboxylic acids is 1. The second kappa shape index (κ2) is 8.72. The van der Waals surface area contributed by atoms with Crippen molar-refractivity contribution in [1.82, 2.24) is 20.6 Å². The molecule has 0 aliphatic heterocycles. The van der Waals surface area contributed by atoms with Gasteiger partial charge in [-0.15, -0.1) is 16.4 Å². The third kappa shape index (κ3) is 3.83. The predicted molar refractivity (Wildman–Crippen MR) is 117 cm³/mol. The number of hydrogen-bond acceptors (Lipinski definition) is 8. The molecule has 0 radical (unpaired) electrons. The molecule has 0 bridgehead atoms. The van der Waals surface area contributed by atoms with Gasteiger partial charge in [0.2, 0.25) is 0 Å². The van der Waals surface area contributed by atoms with Crippen molar-refractivity contribution < 1.29 is 14.3 Å². The number of H-pyrrole nitrogens is 1. The molecule has 2 heterocycles. The fourth-order valence-electron chi connectivity index (χ4n) is 3.03. The monoisotopic (exact) mass is 441 g/mol. The molecule has 8 nitrogen and oxygen atoms in total. The highest BCUT2D eigenvalue weighted by Gasteiger charge is 2.23. The van der Waals surface area contributed by atoms with Crippen LogP contribution in [0.25, 0.3) is 10.1 Å². The first-order valence-electron chi connectivity index (χ1n) is 9.13. The van der Waals surface area contributed by atoms with Crippen molar-refractivity contribution >= 4 is 45.0 Å². The van der Waals surface area contributed by atoms with Crippen molar-refractivity contribution in [1.29, 1.82) is 0 Å². The molecule has 4 rings (SSSR count). The third-order valence-corrected chi connectivity index (χ3v) is 7.02. The second-order valence-corrected chi connectivity index (χ2v) is 8.32. The Bertz CT molecular complexity index is 1190. The third-order valence-electron chi connectivity index (χ3n) is 4.49. The SMILES string of the molecule is CCc1ccccc1Sc1c(C(=O)Nc2nn[nH]n2)sc2cc(OC)c(OC)cc12. The molecule has 0 unspecified atom stereocenters. The molecule has 0 aliphatic carbocycles. The van der Waals surface area contributed by atoms with Gasteiger partial charge in [0.25, 0.3) is 11.9 Å². The number of nitrogens with zero attached hydrogens (tertiary/aromatic N) is 3. The minimum Gasteiger partial charge on any atom is -0.493 e. The molecule has 30 heavy (non-hydrogen) atoms. The lowest BCUT2D eigenvalue weighted by Crippen LogP contribution is -2.12. The van der Waals surface area contributed by atoms with Gasteiger partial charge in [0.1, 0.15) is 4.88 Å². The molecule has 1 amide bonds. The molecule has 0 saturated carbocycles. The van der Waals surface area contributed by atoms with Crippen LogP contribution in [0.1, 0.15) is 22.2 Å². The van der Waals surface area contributed by atoms with Crippen LogP contribution in [0.4, 0.5) is 5.95 Å². The molecule has 0 aliphatic rings. The molecular formula is C20H19N5O3S2. The summed E-state index contributed by atoms with van der Waals surface area (Å²) in [4.78, 5) is 15.6. The molecule has 4 aromatic rings. The van der Waals surface area contributed by atoms with Crippen molar-refractivity contribution in [3.05, 3.63) is 46.8 Å². The standard InChI is InChI=1S/C20H19N5O3S2/c1-4-11-7-5-6-8-15(11)29-17-12-9-13(27-2)14(28-3)10-16(12)30-18(17)19(26)21-20-22-24-25-23-20/h5-10H,4H2,1-3H3,(H2,21,22,23,24,25,26). The number of ether oxygens (including phenoxy) is 2. The minimum atomic E-state index is -0.299. The molecule has 0 atom stereocenters. The Kier molecular flexibility index (Phi) is 5.86. The second-order valence-electron chi connectivity index (χ2n) is 6.22. The van der Waals surface area contributed by atoms with Gasteiger partial charge in [0.15, 0.2) is 11.5 Å². The Hall–Kier alpha value is -3.11. The summed E-state index contributed by atoms with van der Waals surface area (Å²) in [5.74, 6) is 1.05. The van der Waals surface area contributed by atoms with Crippen LogP contribution in [0, 0.1) is 0 Å². The number of aromatic nitrogens is 4. The van der Waals surface area contributed by atoms with Crippen molar-refractivity contribution in [2.24, 2.45) is 0 Å². The number of hydrogen-bond donors (Lipinski definition) is 2. The summed E-state index contributed by atoms with van der Waals surface area (Å²) in [6.45, 7) is 2.11. The van der Waals surface area contributed by atoms with Gasteiger partial charge in [-0.1, -0.05) is 42.0 Å². The Morgan fingerprint density at radius 2 is 1.97 bits per heavy atom.